The van der Waals surface area contributed by atoms with Gasteiger partial charge in [-0.1, -0.05) is 6.07 Å². The molecule has 0 aliphatic heterocycles. The fraction of sp³-hybridized carbons (Fsp3) is 0.462. The van der Waals surface area contributed by atoms with E-state index in [1.807, 2.05) is 13.0 Å². The van der Waals surface area contributed by atoms with Crippen molar-refractivity contribution in [3.8, 4) is 11.4 Å². The Morgan fingerprint density at radius 2 is 1.86 bits per heavy atom. The highest BCUT2D eigenvalue weighted by atomic mass is 19.4. The lowest BCUT2D eigenvalue weighted by Gasteiger charge is -2.20. The normalized spacial score (nSPS) is 17.0. The second kappa shape index (κ2) is 4.19. The smallest absolute Gasteiger partial charge is 0.398 e. The first-order valence-corrected chi connectivity index (χ1v) is 6.49. The number of nitrogens with zero attached hydrogens (tertiary/aromatic N) is 4. The molecule has 2 N–H and O–H groups in total. The topological polar surface area (TPSA) is 69.6 Å². The minimum absolute atomic E-state index is 0.00503. The van der Waals surface area contributed by atoms with Crippen molar-refractivity contribution in [2.45, 2.75) is 38.4 Å². The van der Waals surface area contributed by atoms with Crippen LogP contribution in [0.15, 0.2) is 12.1 Å². The van der Waals surface area contributed by atoms with E-state index in [1.54, 1.807) is 13.0 Å². The number of benzene rings is 1. The molecule has 1 aromatic carbocycles. The third kappa shape index (κ3) is 1.97. The number of aromatic nitrogens is 4. The Hall–Kier alpha value is -2.12. The minimum Gasteiger partial charge on any atom is -0.398 e. The minimum atomic E-state index is -4.37. The number of rotatable bonds is 2. The Morgan fingerprint density at radius 3 is 2.43 bits per heavy atom. The van der Waals surface area contributed by atoms with E-state index in [0.717, 1.165) is 15.8 Å². The second-order valence-electron chi connectivity index (χ2n) is 5.47. The highest BCUT2D eigenvalue weighted by Crippen LogP contribution is 2.56. The van der Waals surface area contributed by atoms with Crippen LogP contribution in [0, 0.1) is 13.8 Å². The number of nitrogen functional groups attached to an aromatic ring is 1. The highest BCUT2D eigenvalue weighted by Gasteiger charge is 2.66. The highest BCUT2D eigenvalue weighted by molar-refractivity contribution is 5.67. The summed E-state index contributed by atoms with van der Waals surface area (Å²) in [7, 11) is 0. The second-order valence-corrected chi connectivity index (χ2v) is 5.47. The molecule has 0 unspecified atom stereocenters. The van der Waals surface area contributed by atoms with Crippen molar-refractivity contribution in [2.75, 3.05) is 5.73 Å². The van der Waals surface area contributed by atoms with E-state index in [4.69, 9.17) is 5.73 Å². The van der Waals surface area contributed by atoms with Crippen LogP contribution in [-0.4, -0.2) is 26.4 Å². The molecule has 1 aromatic heterocycles. The summed E-state index contributed by atoms with van der Waals surface area (Å²) in [6, 6.07) is 3.44. The van der Waals surface area contributed by atoms with Gasteiger partial charge < -0.3 is 5.73 Å². The van der Waals surface area contributed by atoms with Crippen LogP contribution in [0.2, 0.25) is 0 Å². The average Bonchev–Trinajstić information content (AvgIpc) is 3.06. The molecule has 21 heavy (non-hydrogen) atoms. The van der Waals surface area contributed by atoms with Crippen LogP contribution in [-0.2, 0) is 5.54 Å². The molecule has 0 spiro atoms. The quantitative estimate of drug-likeness (QED) is 0.865. The van der Waals surface area contributed by atoms with Crippen LogP contribution < -0.4 is 5.73 Å². The number of tetrazole rings is 1. The molecule has 0 bridgehead atoms. The van der Waals surface area contributed by atoms with Crippen LogP contribution in [0.5, 0.6) is 0 Å². The summed E-state index contributed by atoms with van der Waals surface area (Å²) in [6.45, 7) is 3.64. The third-order valence-electron chi connectivity index (χ3n) is 3.98. The molecule has 1 fully saturated rings. The number of hydrogen-bond acceptors (Lipinski definition) is 4. The van der Waals surface area contributed by atoms with Crippen molar-refractivity contribution < 1.29 is 13.2 Å². The van der Waals surface area contributed by atoms with E-state index in [9.17, 15) is 13.2 Å². The zero-order chi connectivity index (χ0) is 15.4. The summed E-state index contributed by atoms with van der Waals surface area (Å²) < 4.78 is 40.7. The maximum Gasteiger partial charge on any atom is 0.413 e. The van der Waals surface area contributed by atoms with Gasteiger partial charge in [0.05, 0.1) is 0 Å². The first-order valence-electron chi connectivity index (χ1n) is 6.49. The predicted molar refractivity (Wildman–Crippen MR) is 70.4 cm³/mol. The molecular formula is C13H14F3N5. The molecule has 8 heteroatoms. The average molecular weight is 297 g/mol. The van der Waals surface area contributed by atoms with Gasteiger partial charge in [-0.15, -0.1) is 5.10 Å². The maximum absolute atomic E-state index is 13.3. The summed E-state index contributed by atoms with van der Waals surface area (Å²) in [5.74, 6) is 0.106. The molecule has 1 saturated carbocycles. The molecule has 112 valence electrons. The van der Waals surface area contributed by atoms with Gasteiger partial charge in [0.1, 0.15) is 0 Å². The van der Waals surface area contributed by atoms with Crippen molar-refractivity contribution >= 4 is 5.69 Å². The van der Waals surface area contributed by atoms with Gasteiger partial charge >= 0.3 is 6.18 Å². The number of nitrogens with two attached hydrogens (primary N) is 1. The van der Waals surface area contributed by atoms with E-state index in [1.165, 1.54) is 0 Å². The number of aryl methyl sites for hydroxylation is 2. The molecule has 1 heterocycles. The van der Waals surface area contributed by atoms with Gasteiger partial charge in [0, 0.05) is 11.3 Å². The summed E-state index contributed by atoms with van der Waals surface area (Å²) in [5, 5.41) is 10.8. The summed E-state index contributed by atoms with van der Waals surface area (Å²) in [5.41, 5.74) is 6.57. The van der Waals surface area contributed by atoms with E-state index >= 15 is 0 Å². The first kappa shape index (κ1) is 13.8. The summed E-state index contributed by atoms with van der Waals surface area (Å²) in [6.07, 6.45) is -4.38. The van der Waals surface area contributed by atoms with Crippen molar-refractivity contribution in [1.82, 2.24) is 20.2 Å². The van der Waals surface area contributed by atoms with Crippen LogP contribution in [0.4, 0.5) is 18.9 Å². The third-order valence-corrected chi connectivity index (χ3v) is 3.98. The van der Waals surface area contributed by atoms with Crippen molar-refractivity contribution in [3.63, 3.8) is 0 Å². The summed E-state index contributed by atoms with van der Waals surface area (Å²) in [4.78, 5) is 0. The SMILES string of the molecule is Cc1cc(C)c(-c2nnnn2C2(C(F)(F)F)CC2)cc1N. The molecular weight excluding hydrogens is 283 g/mol. The van der Waals surface area contributed by atoms with Crippen LogP contribution in [0.1, 0.15) is 24.0 Å². The van der Waals surface area contributed by atoms with E-state index in [0.29, 0.717) is 11.3 Å². The fourth-order valence-electron chi connectivity index (χ4n) is 2.49. The molecule has 0 atom stereocenters. The number of anilines is 1. The monoisotopic (exact) mass is 297 g/mol. The lowest BCUT2D eigenvalue weighted by atomic mass is 10.0. The van der Waals surface area contributed by atoms with Gasteiger partial charge in [0.15, 0.2) is 11.4 Å². The van der Waals surface area contributed by atoms with Gasteiger partial charge in [-0.05, 0) is 54.3 Å². The molecule has 3 rings (SSSR count). The van der Waals surface area contributed by atoms with E-state index < -0.39 is 11.7 Å². The van der Waals surface area contributed by atoms with Crippen molar-refractivity contribution in [1.29, 1.82) is 0 Å². The van der Waals surface area contributed by atoms with Crippen molar-refractivity contribution in [3.05, 3.63) is 23.3 Å². The standard InChI is InChI=1S/C13H14F3N5/c1-7-5-8(2)10(17)6-9(7)11-18-19-20-21(11)12(3-4-12)13(14,15)16/h5-6H,3-4,17H2,1-2H3. The number of alkyl halides is 3. The molecule has 1 aliphatic carbocycles. The zero-order valence-corrected chi connectivity index (χ0v) is 11.6. The maximum atomic E-state index is 13.3. The molecule has 2 aromatic rings. The molecule has 0 saturated heterocycles. The predicted octanol–water partition coefficient (Wildman–Crippen LogP) is 2.59. The largest absolute Gasteiger partial charge is 0.413 e. The Morgan fingerprint density at radius 1 is 1.19 bits per heavy atom. The molecule has 0 radical (unpaired) electrons. The molecule has 0 amide bonds. The Bertz CT molecular complexity index is 700. The lowest BCUT2D eigenvalue weighted by molar-refractivity contribution is -0.182. The summed E-state index contributed by atoms with van der Waals surface area (Å²) >= 11 is 0. The zero-order valence-electron chi connectivity index (χ0n) is 11.6. The van der Waals surface area contributed by atoms with Gasteiger partial charge in [0.25, 0.3) is 0 Å². The van der Waals surface area contributed by atoms with Crippen LogP contribution in [0.25, 0.3) is 11.4 Å². The Labute approximate surface area is 118 Å². The fourth-order valence-corrected chi connectivity index (χ4v) is 2.49. The van der Waals surface area contributed by atoms with Crippen LogP contribution in [0.3, 0.4) is 0 Å². The van der Waals surface area contributed by atoms with Gasteiger partial charge in [-0.3, -0.25) is 0 Å². The van der Waals surface area contributed by atoms with Gasteiger partial charge in [-0.25, -0.2) is 4.68 Å². The molecule has 1 aliphatic rings. The van der Waals surface area contributed by atoms with Gasteiger partial charge in [0.2, 0.25) is 0 Å². The van der Waals surface area contributed by atoms with Crippen LogP contribution >= 0.6 is 0 Å². The number of hydrogen-bond donors (Lipinski definition) is 1. The first-order chi connectivity index (χ1) is 9.76. The Kier molecular flexibility index (Phi) is 2.76. The van der Waals surface area contributed by atoms with Gasteiger partial charge in [-0.2, -0.15) is 13.2 Å². The van der Waals surface area contributed by atoms with E-state index in [-0.39, 0.29) is 18.7 Å². The van der Waals surface area contributed by atoms with E-state index in [2.05, 4.69) is 15.5 Å². The number of halogens is 3. The molecule has 5 nitrogen and oxygen atoms in total. The Balaban J connectivity index is 2.15. The van der Waals surface area contributed by atoms with Crippen molar-refractivity contribution in [2.24, 2.45) is 0 Å². The lowest BCUT2D eigenvalue weighted by Crippen LogP contribution is -2.36.